The average Bonchev–Trinajstić information content (AvgIpc) is 2.90. The van der Waals surface area contributed by atoms with Gasteiger partial charge in [-0.2, -0.15) is 0 Å². The first kappa shape index (κ1) is 10.1. The molecule has 2 atom stereocenters. The van der Waals surface area contributed by atoms with Crippen molar-refractivity contribution >= 4 is 6.34 Å². The Labute approximate surface area is 101 Å². The number of nitrogens with zero attached hydrogens (tertiary/aromatic N) is 1. The zero-order chi connectivity index (χ0) is 11.5. The first-order valence-electron chi connectivity index (χ1n) is 5.83. The fraction of sp³-hybridized carbons (Fsp3) is 0.133. The fourth-order valence-corrected chi connectivity index (χ4v) is 2.25. The molecule has 1 aliphatic rings. The number of hydrogen-bond donors (Lipinski definition) is 1. The summed E-state index contributed by atoms with van der Waals surface area (Å²) in [6, 6.07) is 21.3. The van der Waals surface area contributed by atoms with Gasteiger partial charge in [0.15, 0.2) is 0 Å². The van der Waals surface area contributed by atoms with Gasteiger partial charge in [-0.3, -0.25) is 4.99 Å². The monoisotopic (exact) mass is 222 g/mol. The van der Waals surface area contributed by atoms with Gasteiger partial charge in [0, 0.05) is 0 Å². The largest absolute Gasteiger partial charge is 0.367 e. The van der Waals surface area contributed by atoms with Crippen molar-refractivity contribution in [3.8, 4) is 0 Å². The van der Waals surface area contributed by atoms with Crippen molar-refractivity contribution in [2.75, 3.05) is 0 Å². The third-order valence-corrected chi connectivity index (χ3v) is 3.10. The minimum absolute atomic E-state index is 0.179. The van der Waals surface area contributed by atoms with Crippen LogP contribution >= 0.6 is 0 Å². The SMILES string of the molecule is C1=N[C@@H](c2ccccc2)C(c2ccccc2)N1. The van der Waals surface area contributed by atoms with E-state index in [0.29, 0.717) is 0 Å². The molecule has 0 aromatic heterocycles. The summed E-state index contributed by atoms with van der Waals surface area (Å²) in [5.74, 6) is 0. The summed E-state index contributed by atoms with van der Waals surface area (Å²) in [6.45, 7) is 0. The summed E-state index contributed by atoms with van der Waals surface area (Å²) in [7, 11) is 0. The van der Waals surface area contributed by atoms with Crippen LogP contribution in [0.1, 0.15) is 23.2 Å². The quantitative estimate of drug-likeness (QED) is 0.829. The van der Waals surface area contributed by atoms with Crippen LogP contribution in [0.2, 0.25) is 0 Å². The molecule has 0 saturated carbocycles. The molecule has 17 heavy (non-hydrogen) atoms. The minimum atomic E-state index is 0.179. The minimum Gasteiger partial charge on any atom is -0.367 e. The van der Waals surface area contributed by atoms with Gasteiger partial charge in [0.2, 0.25) is 0 Å². The molecule has 84 valence electrons. The van der Waals surface area contributed by atoms with Crippen LogP contribution in [0.5, 0.6) is 0 Å². The lowest BCUT2D eigenvalue weighted by Crippen LogP contribution is -2.18. The summed E-state index contributed by atoms with van der Waals surface area (Å²) in [5, 5.41) is 3.33. The van der Waals surface area contributed by atoms with E-state index in [0.717, 1.165) is 0 Å². The second kappa shape index (κ2) is 4.42. The van der Waals surface area contributed by atoms with Gasteiger partial charge in [0.25, 0.3) is 0 Å². The first-order valence-corrected chi connectivity index (χ1v) is 5.83. The van der Waals surface area contributed by atoms with Gasteiger partial charge >= 0.3 is 0 Å². The Kier molecular flexibility index (Phi) is 2.62. The molecule has 1 heterocycles. The number of benzene rings is 2. The van der Waals surface area contributed by atoms with E-state index >= 15 is 0 Å². The predicted octanol–water partition coefficient (Wildman–Crippen LogP) is 3.10. The summed E-state index contributed by atoms with van der Waals surface area (Å²) in [4.78, 5) is 4.53. The zero-order valence-electron chi connectivity index (χ0n) is 9.45. The second-order valence-electron chi connectivity index (χ2n) is 4.19. The molecule has 2 heteroatoms. The van der Waals surface area contributed by atoms with Gasteiger partial charge < -0.3 is 5.32 Å². The maximum Gasteiger partial charge on any atom is 0.101 e. The molecule has 0 radical (unpaired) electrons. The van der Waals surface area contributed by atoms with Crippen LogP contribution in [0, 0.1) is 0 Å². The van der Waals surface area contributed by atoms with Crippen molar-refractivity contribution in [3.05, 3.63) is 71.8 Å². The highest BCUT2D eigenvalue weighted by Crippen LogP contribution is 2.34. The van der Waals surface area contributed by atoms with Gasteiger partial charge in [-0.15, -0.1) is 0 Å². The molecule has 2 nitrogen and oxygen atoms in total. The Morgan fingerprint density at radius 3 is 2.00 bits per heavy atom. The normalized spacial score (nSPS) is 22.4. The molecule has 1 N–H and O–H groups in total. The number of hydrogen-bond acceptors (Lipinski definition) is 2. The molecule has 2 aromatic rings. The maximum atomic E-state index is 4.53. The van der Waals surface area contributed by atoms with Gasteiger partial charge in [-0.05, 0) is 11.1 Å². The van der Waals surface area contributed by atoms with Crippen LogP contribution < -0.4 is 5.32 Å². The average molecular weight is 222 g/mol. The predicted molar refractivity (Wildman–Crippen MR) is 70.0 cm³/mol. The Balaban J connectivity index is 1.93. The molecule has 0 aliphatic carbocycles. The third-order valence-electron chi connectivity index (χ3n) is 3.10. The van der Waals surface area contributed by atoms with Crippen molar-refractivity contribution < 1.29 is 0 Å². The molecule has 0 fully saturated rings. The molecule has 0 bridgehead atoms. The number of rotatable bonds is 2. The zero-order valence-corrected chi connectivity index (χ0v) is 9.45. The van der Waals surface area contributed by atoms with Crippen LogP contribution in [0.25, 0.3) is 0 Å². The highest BCUT2D eigenvalue weighted by molar-refractivity contribution is 5.60. The Bertz CT molecular complexity index is 505. The van der Waals surface area contributed by atoms with E-state index in [1.807, 2.05) is 18.5 Å². The van der Waals surface area contributed by atoms with E-state index < -0.39 is 0 Å². The molecule has 1 unspecified atom stereocenters. The fourth-order valence-electron chi connectivity index (χ4n) is 2.25. The smallest absolute Gasteiger partial charge is 0.101 e. The van der Waals surface area contributed by atoms with E-state index in [1.54, 1.807) is 0 Å². The lowest BCUT2D eigenvalue weighted by molar-refractivity contribution is 0.573. The molecular formula is C15H14N2. The van der Waals surface area contributed by atoms with Crippen LogP contribution in [-0.2, 0) is 0 Å². The lowest BCUT2D eigenvalue weighted by Gasteiger charge is -2.19. The summed E-state index contributed by atoms with van der Waals surface area (Å²) < 4.78 is 0. The van der Waals surface area contributed by atoms with E-state index in [-0.39, 0.29) is 12.1 Å². The molecular weight excluding hydrogens is 208 g/mol. The molecule has 2 aromatic carbocycles. The summed E-state index contributed by atoms with van der Waals surface area (Å²) in [5.41, 5.74) is 2.53. The topological polar surface area (TPSA) is 24.4 Å². The van der Waals surface area contributed by atoms with Gasteiger partial charge in [0.05, 0.1) is 12.4 Å². The van der Waals surface area contributed by atoms with E-state index in [2.05, 4.69) is 58.8 Å². The first-order chi connectivity index (χ1) is 8.45. The molecule has 0 amide bonds. The molecule has 0 saturated heterocycles. The second-order valence-corrected chi connectivity index (χ2v) is 4.19. The highest BCUT2D eigenvalue weighted by atomic mass is 15.1. The molecule has 0 spiro atoms. The molecule has 3 rings (SSSR count). The van der Waals surface area contributed by atoms with Crippen LogP contribution in [0.15, 0.2) is 65.7 Å². The van der Waals surface area contributed by atoms with Crippen LogP contribution in [-0.4, -0.2) is 6.34 Å². The van der Waals surface area contributed by atoms with Crippen molar-refractivity contribution in [2.24, 2.45) is 4.99 Å². The Morgan fingerprint density at radius 1 is 0.765 bits per heavy atom. The van der Waals surface area contributed by atoms with E-state index in [4.69, 9.17) is 0 Å². The lowest BCUT2D eigenvalue weighted by atomic mass is 9.95. The molecule has 1 aliphatic heterocycles. The van der Waals surface area contributed by atoms with Gasteiger partial charge in [-0.25, -0.2) is 0 Å². The van der Waals surface area contributed by atoms with Crippen molar-refractivity contribution in [1.29, 1.82) is 0 Å². The summed E-state index contributed by atoms with van der Waals surface area (Å²) in [6.07, 6.45) is 1.81. The third kappa shape index (κ3) is 1.94. The van der Waals surface area contributed by atoms with Crippen LogP contribution in [0.3, 0.4) is 0 Å². The summed E-state index contributed by atoms with van der Waals surface area (Å²) >= 11 is 0. The highest BCUT2D eigenvalue weighted by Gasteiger charge is 2.26. The standard InChI is InChI=1S/C15H14N2/c1-3-7-12(8-4-1)14-15(17-11-16-14)13-9-5-2-6-10-13/h1-11,14-15H,(H,16,17)/t14-,15?/m0/s1. The number of nitrogens with one attached hydrogen (secondary N) is 1. The van der Waals surface area contributed by atoms with Crippen molar-refractivity contribution in [1.82, 2.24) is 5.32 Å². The maximum absolute atomic E-state index is 4.53. The number of aliphatic imine (C=N–C) groups is 1. The van der Waals surface area contributed by atoms with Crippen LogP contribution in [0.4, 0.5) is 0 Å². The van der Waals surface area contributed by atoms with Gasteiger partial charge in [-0.1, -0.05) is 60.7 Å². The van der Waals surface area contributed by atoms with Gasteiger partial charge in [0.1, 0.15) is 6.04 Å². The Morgan fingerprint density at radius 2 is 1.35 bits per heavy atom. The van der Waals surface area contributed by atoms with Crippen molar-refractivity contribution in [2.45, 2.75) is 12.1 Å². The Hall–Kier alpha value is -2.09. The van der Waals surface area contributed by atoms with E-state index in [9.17, 15) is 0 Å². The van der Waals surface area contributed by atoms with Crippen molar-refractivity contribution in [3.63, 3.8) is 0 Å². The van der Waals surface area contributed by atoms with E-state index in [1.165, 1.54) is 11.1 Å².